The summed E-state index contributed by atoms with van der Waals surface area (Å²) in [7, 11) is 0. The van der Waals surface area contributed by atoms with Crippen molar-refractivity contribution in [3.05, 3.63) is 89.2 Å². The number of amides is 1. The molecule has 1 heterocycles. The Balaban J connectivity index is 1.53. The third-order valence-electron chi connectivity index (χ3n) is 5.49. The number of aryl methyl sites for hydroxylation is 3. The number of ether oxygens (including phenoxy) is 2. The molecular weight excluding hydrogens is 472 g/mol. The normalized spacial score (nSPS) is 10.8. The van der Waals surface area contributed by atoms with Gasteiger partial charge in [-0.3, -0.25) is 9.36 Å². The van der Waals surface area contributed by atoms with E-state index in [0.717, 1.165) is 34.0 Å². The average molecular weight is 503 g/mol. The van der Waals surface area contributed by atoms with E-state index in [1.807, 2.05) is 86.9 Å². The highest BCUT2D eigenvalue weighted by Gasteiger charge is 2.17. The molecule has 1 aromatic heterocycles. The number of nitrogens with zero attached hydrogens (tertiary/aromatic N) is 3. The van der Waals surface area contributed by atoms with Crippen LogP contribution < -0.4 is 14.8 Å². The lowest BCUT2D eigenvalue weighted by atomic mass is 10.1. The number of para-hydroxylation sites is 1. The Hall–Kier alpha value is -3.78. The summed E-state index contributed by atoms with van der Waals surface area (Å²) in [6.07, 6.45) is 0. The van der Waals surface area contributed by atoms with Crippen LogP contribution in [0.25, 0.3) is 5.69 Å². The van der Waals surface area contributed by atoms with E-state index in [2.05, 4.69) is 27.6 Å². The minimum absolute atomic E-state index is 0.0987. The van der Waals surface area contributed by atoms with Crippen molar-refractivity contribution >= 4 is 23.4 Å². The Morgan fingerprint density at radius 1 is 0.917 bits per heavy atom. The number of hydrogen-bond acceptors (Lipinski definition) is 6. The lowest BCUT2D eigenvalue weighted by molar-refractivity contribution is -0.113. The van der Waals surface area contributed by atoms with Gasteiger partial charge in [0, 0.05) is 11.4 Å². The fourth-order valence-corrected chi connectivity index (χ4v) is 4.72. The summed E-state index contributed by atoms with van der Waals surface area (Å²) >= 11 is 1.33. The molecule has 1 amide bonds. The van der Waals surface area contributed by atoms with E-state index in [1.165, 1.54) is 17.3 Å². The zero-order valence-electron chi connectivity index (χ0n) is 20.9. The molecule has 0 saturated carbocycles. The molecule has 3 aromatic carbocycles. The highest BCUT2D eigenvalue weighted by molar-refractivity contribution is 7.99. The number of rotatable bonds is 10. The summed E-state index contributed by atoms with van der Waals surface area (Å²) in [6, 6.07) is 21.4. The maximum Gasteiger partial charge on any atom is 0.234 e. The van der Waals surface area contributed by atoms with Crippen LogP contribution in [0.5, 0.6) is 11.5 Å². The van der Waals surface area contributed by atoms with E-state index in [1.54, 1.807) is 0 Å². The van der Waals surface area contributed by atoms with Crippen molar-refractivity contribution in [2.24, 2.45) is 0 Å². The van der Waals surface area contributed by atoms with Gasteiger partial charge >= 0.3 is 0 Å². The van der Waals surface area contributed by atoms with Crippen LogP contribution in [0.4, 0.5) is 5.69 Å². The number of benzene rings is 3. The summed E-state index contributed by atoms with van der Waals surface area (Å²) in [4.78, 5) is 12.8. The van der Waals surface area contributed by atoms with Gasteiger partial charge in [0.2, 0.25) is 5.91 Å². The molecule has 0 aliphatic carbocycles. The molecule has 36 heavy (non-hydrogen) atoms. The molecule has 8 heteroatoms. The molecule has 0 atom stereocenters. The number of aromatic nitrogens is 3. The molecule has 1 N–H and O–H groups in total. The van der Waals surface area contributed by atoms with Gasteiger partial charge in [0.25, 0.3) is 0 Å². The first-order chi connectivity index (χ1) is 17.4. The number of carbonyl (C=O) groups is 1. The van der Waals surface area contributed by atoms with Crippen molar-refractivity contribution in [3.63, 3.8) is 0 Å². The number of carbonyl (C=O) groups excluding carboxylic acids is 1. The summed E-state index contributed by atoms with van der Waals surface area (Å²) in [5, 5.41) is 12.4. The van der Waals surface area contributed by atoms with Crippen molar-refractivity contribution in [1.82, 2.24) is 14.8 Å². The molecule has 0 bridgehead atoms. The zero-order valence-corrected chi connectivity index (χ0v) is 21.8. The second-order valence-corrected chi connectivity index (χ2v) is 9.32. The average Bonchev–Trinajstić information content (AvgIpc) is 3.28. The van der Waals surface area contributed by atoms with Crippen LogP contribution >= 0.6 is 11.8 Å². The van der Waals surface area contributed by atoms with Gasteiger partial charge in [-0.15, -0.1) is 10.2 Å². The lowest BCUT2D eigenvalue weighted by Gasteiger charge is -2.14. The van der Waals surface area contributed by atoms with Gasteiger partial charge in [0.05, 0.1) is 12.4 Å². The molecule has 4 aromatic rings. The van der Waals surface area contributed by atoms with Crippen LogP contribution in [0.2, 0.25) is 0 Å². The van der Waals surface area contributed by atoms with Crippen molar-refractivity contribution in [2.75, 3.05) is 17.7 Å². The first-order valence-electron chi connectivity index (χ1n) is 11.8. The summed E-state index contributed by atoms with van der Waals surface area (Å²) < 4.78 is 13.4. The van der Waals surface area contributed by atoms with Gasteiger partial charge < -0.3 is 14.8 Å². The maximum atomic E-state index is 12.8. The van der Waals surface area contributed by atoms with Crippen molar-refractivity contribution in [3.8, 4) is 17.2 Å². The molecule has 7 nitrogen and oxygen atoms in total. The number of thioether (sulfide) groups is 1. The van der Waals surface area contributed by atoms with E-state index in [0.29, 0.717) is 17.6 Å². The number of nitrogens with one attached hydrogen (secondary N) is 1. The summed E-state index contributed by atoms with van der Waals surface area (Å²) in [6.45, 7) is 8.84. The fourth-order valence-electron chi connectivity index (χ4n) is 3.95. The first kappa shape index (κ1) is 25.3. The molecule has 0 spiro atoms. The quantitative estimate of drug-likeness (QED) is 0.272. The van der Waals surface area contributed by atoms with E-state index >= 15 is 0 Å². The van der Waals surface area contributed by atoms with Crippen molar-refractivity contribution < 1.29 is 14.3 Å². The van der Waals surface area contributed by atoms with Crippen LogP contribution in [-0.4, -0.2) is 33.0 Å². The lowest BCUT2D eigenvalue weighted by Crippen LogP contribution is -2.16. The Labute approximate surface area is 215 Å². The maximum absolute atomic E-state index is 12.8. The zero-order chi connectivity index (χ0) is 25.5. The van der Waals surface area contributed by atoms with E-state index in [4.69, 9.17) is 9.47 Å². The third-order valence-corrected chi connectivity index (χ3v) is 6.42. The molecular formula is C28H30N4O3S. The highest BCUT2D eigenvalue weighted by Crippen LogP contribution is 2.26. The number of anilines is 1. The second-order valence-electron chi connectivity index (χ2n) is 8.37. The summed E-state index contributed by atoms with van der Waals surface area (Å²) in [5.74, 6) is 2.26. The molecule has 0 aliphatic rings. The molecule has 0 aliphatic heterocycles. The predicted molar refractivity (Wildman–Crippen MR) is 143 cm³/mol. The van der Waals surface area contributed by atoms with E-state index in [9.17, 15) is 4.79 Å². The molecule has 4 rings (SSSR count). The molecule has 0 unspecified atom stereocenters. The largest absolute Gasteiger partial charge is 0.494 e. The van der Waals surface area contributed by atoms with Crippen LogP contribution in [0, 0.1) is 20.8 Å². The second kappa shape index (κ2) is 11.8. The predicted octanol–water partition coefficient (Wildman–Crippen LogP) is 5.90. The van der Waals surface area contributed by atoms with Crippen LogP contribution in [0.15, 0.2) is 71.9 Å². The van der Waals surface area contributed by atoms with Gasteiger partial charge in [-0.1, -0.05) is 47.7 Å². The van der Waals surface area contributed by atoms with Gasteiger partial charge in [-0.2, -0.15) is 0 Å². The molecule has 0 saturated heterocycles. The van der Waals surface area contributed by atoms with Gasteiger partial charge in [0.1, 0.15) is 18.1 Å². The Morgan fingerprint density at radius 2 is 1.58 bits per heavy atom. The van der Waals surface area contributed by atoms with Gasteiger partial charge in [-0.25, -0.2) is 0 Å². The molecule has 186 valence electrons. The third kappa shape index (κ3) is 6.26. The Morgan fingerprint density at radius 3 is 2.25 bits per heavy atom. The van der Waals surface area contributed by atoms with Crippen LogP contribution in [0.3, 0.4) is 0 Å². The molecule has 0 fully saturated rings. The number of hydrogen-bond donors (Lipinski definition) is 1. The highest BCUT2D eigenvalue weighted by atomic mass is 32.2. The minimum Gasteiger partial charge on any atom is -0.494 e. The van der Waals surface area contributed by atoms with Crippen LogP contribution in [-0.2, 0) is 11.4 Å². The Kier molecular flexibility index (Phi) is 8.28. The van der Waals surface area contributed by atoms with Crippen LogP contribution in [0.1, 0.15) is 29.4 Å². The van der Waals surface area contributed by atoms with E-state index < -0.39 is 0 Å². The Bertz CT molecular complexity index is 1300. The monoisotopic (exact) mass is 502 g/mol. The standard InChI is InChI=1S/C28H30N4O3S/c1-5-34-24-13-11-22(12-14-24)32-25(17-35-23-9-7-6-8-10-23)30-31-28(32)36-18-26(33)29-27-20(3)15-19(2)16-21(27)4/h6-16H,5,17-18H2,1-4H3,(H,29,33). The first-order valence-corrected chi connectivity index (χ1v) is 12.8. The molecule has 0 radical (unpaired) electrons. The van der Waals surface area contributed by atoms with Crippen molar-refractivity contribution in [2.45, 2.75) is 39.5 Å². The van der Waals surface area contributed by atoms with E-state index in [-0.39, 0.29) is 18.3 Å². The fraction of sp³-hybridized carbons (Fsp3) is 0.250. The minimum atomic E-state index is -0.0987. The van der Waals surface area contributed by atoms with Gasteiger partial charge in [0.15, 0.2) is 11.0 Å². The SMILES string of the molecule is CCOc1ccc(-n2c(COc3ccccc3)nnc2SCC(=O)Nc2c(C)cc(C)cc2C)cc1. The topological polar surface area (TPSA) is 78.3 Å². The van der Waals surface area contributed by atoms with Crippen molar-refractivity contribution in [1.29, 1.82) is 0 Å². The summed E-state index contributed by atoms with van der Waals surface area (Å²) in [5.41, 5.74) is 4.98. The van der Waals surface area contributed by atoms with Gasteiger partial charge in [-0.05, 0) is 75.2 Å². The smallest absolute Gasteiger partial charge is 0.234 e.